The highest BCUT2D eigenvalue weighted by atomic mass is 16.6. The molecule has 1 aliphatic carbocycles. The Labute approximate surface area is 114 Å². The highest BCUT2D eigenvalue weighted by molar-refractivity contribution is 6.35. The lowest BCUT2D eigenvalue weighted by atomic mass is 10.2. The molecule has 1 aliphatic rings. The topological polar surface area (TPSA) is 114 Å². The predicted octanol–water partition coefficient (Wildman–Crippen LogP) is 0.323. The number of amides is 2. The monoisotopic (exact) mass is 276 g/mol. The third-order valence-corrected chi connectivity index (χ3v) is 2.60. The normalized spacial score (nSPS) is 14.0. The molecule has 8 heteroatoms. The van der Waals surface area contributed by atoms with Gasteiger partial charge in [-0.05, 0) is 30.5 Å². The second kappa shape index (κ2) is 5.91. The van der Waals surface area contributed by atoms with Crippen molar-refractivity contribution in [2.45, 2.75) is 18.9 Å². The van der Waals surface area contributed by atoms with Gasteiger partial charge in [-0.1, -0.05) is 0 Å². The van der Waals surface area contributed by atoms with Crippen molar-refractivity contribution in [1.29, 1.82) is 0 Å². The van der Waals surface area contributed by atoms with Crippen molar-refractivity contribution < 1.29 is 14.5 Å². The van der Waals surface area contributed by atoms with Gasteiger partial charge in [-0.15, -0.1) is 0 Å². The maximum atomic E-state index is 11.3. The van der Waals surface area contributed by atoms with Crippen LogP contribution in [0.4, 0.5) is 5.69 Å². The number of carbonyl (C=O) groups excluding carboxylic acids is 2. The van der Waals surface area contributed by atoms with E-state index in [2.05, 4.69) is 15.8 Å². The van der Waals surface area contributed by atoms with E-state index in [1.54, 1.807) is 0 Å². The number of benzene rings is 1. The summed E-state index contributed by atoms with van der Waals surface area (Å²) in [6.45, 7) is 0. The van der Waals surface area contributed by atoms with Gasteiger partial charge in [-0.2, -0.15) is 5.10 Å². The van der Waals surface area contributed by atoms with Gasteiger partial charge in [0.1, 0.15) is 0 Å². The van der Waals surface area contributed by atoms with Gasteiger partial charge < -0.3 is 5.32 Å². The van der Waals surface area contributed by atoms with Gasteiger partial charge in [0.2, 0.25) is 0 Å². The number of nitro benzene ring substituents is 1. The Morgan fingerprint density at radius 1 is 1.25 bits per heavy atom. The first-order valence-corrected chi connectivity index (χ1v) is 5.94. The molecule has 0 spiro atoms. The molecular weight excluding hydrogens is 264 g/mol. The molecule has 0 unspecified atom stereocenters. The molecule has 0 heterocycles. The van der Waals surface area contributed by atoms with Crippen LogP contribution in [0.1, 0.15) is 18.4 Å². The Morgan fingerprint density at radius 3 is 2.45 bits per heavy atom. The van der Waals surface area contributed by atoms with Gasteiger partial charge in [-0.25, -0.2) is 5.43 Å². The van der Waals surface area contributed by atoms with E-state index >= 15 is 0 Å². The van der Waals surface area contributed by atoms with Crippen molar-refractivity contribution in [3.63, 3.8) is 0 Å². The molecule has 2 N–H and O–H groups in total. The highest BCUT2D eigenvalue weighted by Crippen LogP contribution is 2.18. The predicted molar refractivity (Wildman–Crippen MR) is 70.0 cm³/mol. The number of carbonyl (C=O) groups is 2. The lowest BCUT2D eigenvalue weighted by molar-refractivity contribution is -0.384. The summed E-state index contributed by atoms with van der Waals surface area (Å²) in [5.41, 5.74) is 2.62. The fraction of sp³-hybridized carbons (Fsp3) is 0.250. The lowest BCUT2D eigenvalue weighted by Crippen LogP contribution is -2.38. The van der Waals surface area contributed by atoms with Crippen LogP contribution < -0.4 is 10.7 Å². The molecule has 104 valence electrons. The van der Waals surface area contributed by atoms with Gasteiger partial charge in [0.05, 0.1) is 11.1 Å². The average molecular weight is 276 g/mol. The molecule has 0 bridgehead atoms. The van der Waals surface area contributed by atoms with Crippen molar-refractivity contribution in [3.8, 4) is 0 Å². The largest absolute Gasteiger partial charge is 0.345 e. The van der Waals surface area contributed by atoms with Gasteiger partial charge in [-0.3, -0.25) is 19.7 Å². The van der Waals surface area contributed by atoms with Crippen LogP contribution in [0.25, 0.3) is 0 Å². The van der Waals surface area contributed by atoms with Gasteiger partial charge >= 0.3 is 11.8 Å². The zero-order valence-electron chi connectivity index (χ0n) is 10.4. The van der Waals surface area contributed by atoms with Crippen LogP contribution in [0, 0.1) is 10.1 Å². The number of rotatable bonds is 4. The second-order valence-corrected chi connectivity index (χ2v) is 4.30. The number of nitro groups is 1. The van der Waals surface area contributed by atoms with Crippen molar-refractivity contribution in [1.82, 2.24) is 10.7 Å². The Morgan fingerprint density at radius 2 is 1.90 bits per heavy atom. The standard InChI is InChI=1S/C12H12N4O4/c17-11(14-9-3-4-9)12(18)15-13-7-8-1-5-10(6-2-8)16(19)20/h1-2,5-7,9H,3-4H2,(H,14,17)(H,15,18)/b13-7+. The summed E-state index contributed by atoms with van der Waals surface area (Å²) in [6.07, 6.45) is 3.09. The van der Waals surface area contributed by atoms with Crippen molar-refractivity contribution in [2.75, 3.05) is 0 Å². The highest BCUT2D eigenvalue weighted by Gasteiger charge is 2.26. The summed E-state index contributed by atoms with van der Waals surface area (Å²) in [7, 11) is 0. The molecule has 1 aromatic carbocycles. The van der Waals surface area contributed by atoms with Crippen LogP contribution in [0.15, 0.2) is 29.4 Å². The smallest absolute Gasteiger partial charge is 0.329 e. The molecule has 8 nitrogen and oxygen atoms in total. The van der Waals surface area contributed by atoms with Crippen LogP contribution in [-0.2, 0) is 9.59 Å². The molecule has 2 rings (SSSR count). The van der Waals surface area contributed by atoms with Crippen molar-refractivity contribution in [2.24, 2.45) is 5.10 Å². The molecule has 2 amide bonds. The SMILES string of the molecule is O=C(N/N=C/c1ccc([N+](=O)[O-])cc1)C(=O)NC1CC1. The van der Waals surface area contributed by atoms with Crippen molar-refractivity contribution >= 4 is 23.7 Å². The molecule has 1 aromatic rings. The number of non-ortho nitro benzene ring substituents is 1. The first kappa shape index (κ1) is 13.7. The Hall–Kier alpha value is -2.77. The number of hydrazone groups is 1. The summed E-state index contributed by atoms with van der Waals surface area (Å²) in [5, 5.41) is 16.6. The molecule has 0 saturated heterocycles. The van der Waals surface area contributed by atoms with E-state index in [9.17, 15) is 19.7 Å². The number of nitrogens with one attached hydrogen (secondary N) is 2. The zero-order chi connectivity index (χ0) is 14.5. The molecule has 20 heavy (non-hydrogen) atoms. The third kappa shape index (κ3) is 3.87. The molecule has 1 saturated carbocycles. The van der Waals surface area contributed by atoms with Crippen LogP contribution >= 0.6 is 0 Å². The first-order chi connectivity index (χ1) is 9.56. The summed E-state index contributed by atoms with van der Waals surface area (Å²) in [5.74, 6) is -1.55. The maximum Gasteiger partial charge on any atom is 0.329 e. The lowest BCUT2D eigenvalue weighted by Gasteiger charge is -2.00. The summed E-state index contributed by atoms with van der Waals surface area (Å²) >= 11 is 0. The maximum absolute atomic E-state index is 11.3. The Bertz CT molecular complexity index is 563. The van der Waals surface area contributed by atoms with Crippen LogP contribution in [0.3, 0.4) is 0 Å². The summed E-state index contributed by atoms with van der Waals surface area (Å²) in [4.78, 5) is 32.5. The quantitative estimate of drug-likeness (QED) is 0.357. The Kier molecular flexibility index (Phi) is 4.04. The number of nitrogens with zero attached hydrogens (tertiary/aromatic N) is 2. The van der Waals surface area contributed by atoms with Crippen LogP contribution in [0.5, 0.6) is 0 Å². The van der Waals surface area contributed by atoms with E-state index in [0.717, 1.165) is 12.8 Å². The number of hydrogen-bond donors (Lipinski definition) is 2. The van der Waals surface area contributed by atoms with E-state index in [1.807, 2.05) is 0 Å². The minimum Gasteiger partial charge on any atom is -0.345 e. The molecule has 0 radical (unpaired) electrons. The molecule has 1 fully saturated rings. The summed E-state index contributed by atoms with van der Waals surface area (Å²) < 4.78 is 0. The summed E-state index contributed by atoms with van der Waals surface area (Å²) in [6, 6.07) is 5.72. The average Bonchev–Trinajstić information content (AvgIpc) is 3.23. The minimum atomic E-state index is -0.838. The van der Waals surface area contributed by atoms with E-state index in [0.29, 0.717) is 5.56 Å². The van der Waals surface area contributed by atoms with Crippen molar-refractivity contribution in [3.05, 3.63) is 39.9 Å². The Balaban J connectivity index is 1.84. The van der Waals surface area contributed by atoms with Gasteiger partial charge in [0.15, 0.2) is 0 Å². The zero-order valence-corrected chi connectivity index (χ0v) is 10.4. The van der Waals surface area contributed by atoms with Crippen LogP contribution in [0.2, 0.25) is 0 Å². The number of hydrogen-bond acceptors (Lipinski definition) is 5. The third-order valence-electron chi connectivity index (χ3n) is 2.60. The fourth-order valence-electron chi connectivity index (χ4n) is 1.38. The van der Waals surface area contributed by atoms with E-state index < -0.39 is 16.7 Å². The van der Waals surface area contributed by atoms with Gasteiger partial charge in [0.25, 0.3) is 5.69 Å². The first-order valence-electron chi connectivity index (χ1n) is 5.94. The molecule has 0 atom stereocenters. The van der Waals surface area contributed by atoms with E-state index in [-0.39, 0.29) is 11.7 Å². The fourth-order valence-corrected chi connectivity index (χ4v) is 1.38. The molecule has 0 aliphatic heterocycles. The van der Waals surface area contributed by atoms with E-state index in [1.165, 1.54) is 30.5 Å². The molecule has 0 aromatic heterocycles. The van der Waals surface area contributed by atoms with Crippen LogP contribution in [-0.4, -0.2) is 29.0 Å². The van der Waals surface area contributed by atoms with Gasteiger partial charge in [0, 0.05) is 18.2 Å². The van der Waals surface area contributed by atoms with E-state index in [4.69, 9.17) is 0 Å². The minimum absolute atomic E-state index is 0.0324. The second-order valence-electron chi connectivity index (χ2n) is 4.30. The molecular formula is C12H12N4O4.